The Morgan fingerprint density at radius 2 is 1.71 bits per heavy atom. The highest BCUT2D eigenvalue weighted by Gasteiger charge is 2.19. The molecule has 0 unspecified atom stereocenters. The highest BCUT2D eigenvalue weighted by molar-refractivity contribution is 5.93. The minimum atomic E-state index is -0.569. The Morgan fingerprint density at radius 1 is 1.03 bits per heavy atom. The third kappa shape index (κ3) is 7.11. The average molecular weight is 425 g/mol. The highest BCUT2D eigenvalue weighted by Crippen LogP contribution is 2.19. The first-order valence-corrected chi connectivity index (χ1v) is 10.2. The zero-order valence-electron chi connectivity index (χ0n) is 17.5. The second-order valence-electron chi connectivity index (χ2n) is 7.22. The molecule has 2 amide bonds. The van der Waals surface area contributed by atoms with E-state index in [4.69, 9.17) is 9.47 Å². The van der Waals surface area contributed by atoms with Crippen LogP contribution in [0.3, 0.4) is 0 Å². The van der Waals surface area contributed by atoms with Gasteiger partial charge < -0.3 is 25.0 Å². The molecule has 1 heterocycles. The summed E-state index contributed by atoms with van der Waals surface area (Å²) in [5.41, 5.74) is 2.48. The van der Waals surface area contributed by atoms with Crippen molar-refractivity contribution in [2.75, 3.05) is 43.1 Å². The second-order valence-corrected chi connectivity index (χ2v) is 7.22. The first kappa shape index (κ1) is 22.3. The molecule has 0 aliphatic carbocycles. The largest absolute Gasteiger partial charge is 0.455 e. The fraction of sp³-hybridized carbons (Fsp3) is 0.348. The molecule has 0 saturated carbocycles. The van der Waals surface area contributed by atoms with Gasteiger partial charge in [-0.2, -0.15) is 0 Å². The molecule has 2 aromatic carbocycles. The van der Waals surface area contributed by atoms with Crippen LogP contribution in [0.4, 0.5) is 11.4 Å². The standard InChI is InChI=1S/C23H27N3O5/c1-17(27)24-21(18-5-3-2-4-6-18)15-23(29)31-16-22(28)25-19-7-9-20(10-8-19)26-11-13-30-14-12-26/h2-10,21H,11-16H2,1H3,(H,24,27)(H,25,28)/t21-/m1/s1. The van der Waals surface area contributed by atoms with Crippen LogP contribution in [0, 0.1) is 0 Å². The maximum atomic E-state index is 12.2. The van der Waals surface area contributed by atoms with Gasteiger partial charge in [-0.15, -0.1) is 0 Å². The monoisotopic (exact) mass is 425 g/mol. The predicted octanol–water partition coefficient (Wildman–Crippen LogP) is 2.27. The van der Waals surface area contributed by atoms with Crippen LogP contribution in [-0.2, 0) is 23.9 Å². The summed E-state index contributed by atoms with van der Waals surface area (Å²) in [5, 5.41) is 5.45. The topological polar surface area (TPSA) is 97.0 Å². The number of benzene rings is 2. The lowest BCUT2D eigenvalue weighted by Gasteiger charge is -2.28. The van der Waals surface area contributed by atoms with E-state index >= 15 is 0 Å². The molecule has 3 rings (SSSR count). The molecule has 8 heteroatoms. The molecule has 1 aliphatic rings. The van der Waals surface area contributed by atoms with Crippen LogP contribution in [-0.4, -0.2) is 50.7 Å². The van der Waals surface area contributed by atoms with E-state index in [0.29, 0.717) is 18.9 Å². The Labute approximate surface area is 181 Å². The van der Waals surface area contributed by atoms with Crippen LogP contribution in [0.5, 0.6) is 0 Å². The maximum absolute atomic E-state index is 12.2. The zero-order valence-corrected chi connectivity index (χ0v) is 17.5. The Kier molecular flexibility index (Phi) is 8.00. The van der Waals surface area contributed by atoms with Crippen molar-refractivity contribution in [3.8, 4) is 0 Å². The minimum Gasteiger partial charge on any atom is -0.455 e. The number of nitrogens with zero attached hydrogens (tertiary/aromatic N) is 1. The molecule has 8 nitrogen and oxygen atoms in total. The van der Waals surface area contributed by atoms with E-state index in [0.717, 1.165) is 24.3 Å². The van der Waals surface area contributed by atoms with Gasteiger partial charge in [0.25, 0.3) is 5.91 Å². The molecule has 31 heavy (non-hydrogen) atoms. The van der Waals surface area contributed by atoms with Crippen molar-refractivity contribution < 1.29 is 23.9 Å². The van der Waals surface area contributed by atoms with Gasteiger partial charge in [0, 0.05) is 31.4 Å². The summed E-state index contributed by atoms with van der Waals surface area (Å²) >= 11 is 0. The normalized spacial score (nSPS) is 14.4. The number of esters is 1. The molecular weight excluding hydrogens is 398 g/mol. The molecule has 2 N–H and O–H groups in total. The molecular formula is C23H27N3O5. The van der Waals surface area contributed by atoms with Crippen molar-refractivity contribution in [3.63, 3.8) is 0 Å². The van der Waals surface area contributed by atoms with Crippen LogP contribution in [0.25, 0.3) is 0 Å². The van der Waals surface area contributed by atoms with Gasteiger partial charge in [0.1, 0.15) is 0 Å². The molecule has 1 fully saturated rings. The third-order valence-electron chi connectivity index (χ3n) is 4.84. The van der Waals surface area contributed by atoms with Gasteiger partial charge >= 0.3 is 5.97 Å². The summed E-state index contributed by atoms with van der Waals surface area (Å²) in [5.74, 6) is -1.25. The van der Waals surface area contributed by atoms with E-state index in [1.165, 1.54) is 6.92 Å². The van der Waals surface area contributed by atoms with E-state index in [9.17, 15) is 14.4 Å². The second kappa shape index (κ2) is 11.1. The molecule has 1 aliphatic heterocycles. The predicted molar refractivity (Wildman–Crippen MR) is 117 cm³/mol. The van der Waals surface area contributed by atoms with Gasteiger partial charge in [0.15, 0.2) is 6.61 Å². The fourth-order valence-corrected chi connectivity index (χ4v) is 3.33. The van der Waals surface area contributed by atoms with Crippen molar-refractivity contribution in [1.82, 2.24) is 5.32 Å². The number of morpholine rings is 1. The van der Waals surface area contributed by atoms with E-state index in [1.54, 1.807) is 0 Å². The zero-order chi connectivity index (χ0) is 22.1. The SMILES string of the molecule is CC(=O)N[C@H](CC(=O)OCC(=O)Nc1ccc(N2CCOCC2)cc1)c1ccccc1. The lowest BCUT2D eigenvalue weighted by molar-refractivity contribution is -0.148. The number of hydrogen-bond acceptors (Lipinski definition) is 6. The van der Waals surface area contributed by atoms with Crippen LogP contribution < -0.4 is 15.5 Å². The van der Waals surface area contributed by atoms with Crippen LogP contribution in [0.2, 0.25) is 0 Å². The lowest BCUT2D eigenvalue weighted by atomic mass is 10.0. The summed E-state index contributed by atoms with van der Waals surface area (Å²) in [6.07, 6.45) is -0.0644. The number of anilines is 2. The molecule has 0 bridgehead atoms. The maximum Gasteiger partial charge on any atom is 0.308 e. The first-order valence-electron chi connectivity index (χ1n) is 10.2. The smallest absolute Gasteiger partial charge is 0.308 e. The van der Waals surface area contributed by atoms with E-state index in [2.05, 4.69) is 15.5 Å². The number of amides is 2. The molecule has 1 atom stereocenters. The van der Waals surface area contributed by atoms with E-state index < -0.39 is 24.5 Å². The Morgan fingerprint density at radius 3 is 2.35 bits per heavy atom. The van der Waals surface area contributed by atoms with Gasteiger partial charge in [-0.1, -0.05) is 30.3 Å². The number of rotatable bonds is 8. The molecule has 2 aromatic rings. The van der Waals surface area contributed by atoms with Gasteiger partial charge in [-0.3, -0.25) is 14.4 Å². The average Bonchev–Trinajstić information content (AvgIpc) is 2.79. The molecule has 0 spiro atoms. The van der Waals surface area contributed by atoms with Crippen molar-refractivity contribution in [1.29, 1.82) is 0 Å². The molecule has 1 saturated heterocycles. The molecule has 0 radical (unpaired) electrons. The van der Waals surface area contributed by atoms with E-state index in [1.807, 2.05) is 54.6 Å². The Bertz CT molecular complexity index is 880. The number of hydrogen-bond donors (Lipinski definition) is 2. The van der Waals surface area contributed by atoms with Crippen molar-refractivity contribution >= 4 is 29.2 Å². The van der Waals surface area contributed by atoms with Crippen LogP contribution >= 0.6 is 0 Å². The minimum absolute atomic E-state index is 0.0644. The molecule has 164 valence electrons. The summed E-state index contributed by atoms with van der Waals surface area (Å²) < 4.78 is 10.5. The van der Waals surface area contributed by atoms with Gasteiger partial charge in [-0.05, 0) is 29.8 Å². The lowest BCUT2D eigenvalue weighted by Crippen LogP contribution is -2.36. The summed E-state index contributed by atoms with van der Waals surface area (Å²) in [6.45, 7) is 4.08. The fourth-order valence-electron chi connectivity index (χ4n) is 3.33. The van der Waals surface area contributed by atoms with Gasteiger partial charge in [-0.25, -0.2) is 0 Å². The Hall–Kier alpha value is -3.39. The number of carbonyl (C=O) groups excluding carboxylic acids is 3. The quantitative estimate of drug-likeness (QED) is 0.630. The van der Waals surface area contributed by atoms with Gasteiger partial charge in [0.05, 0.1) is 25.7 Å². The van der Waals surface area contributed by atoms with Crippen LogP contribution in [0.1, 0.15) is 24.9 Å². The molecule has 0 aromatic heterocycles. The summed E-state index contributed by atoms with van der Waals surface area (Å²) in [6, 6.07) is 16.1. The van der Waals surface area contributed by atoms with Gasteiger partial charge in [0.2, 0.25) is 5.91 Å². The first-order chi connectivity index (χ1) is 15.0. The van der Waals surface area contributed by atoms with Crippen molar-refractivity contribution in [2.24, 2.45) is 0 Å². The summed E-state index contributed by atoms with van der Waals surface area (Å²) in [4.78, 5) is 38.1. The van der Waals surface area contributed by atoms with Crippen molar-refractivity contribution in [2.45, 2.75) is 19.4 Å². The van der Waals surface area contributed by atoms with Crippen LogP contribution in [0.15, 0.2) is 54.6 Å². The number of ether oxygens (including phenoxy) is 2. The highest BCUT2D eigenvalue weighted by atomic mass is 16.5. The number of carbonyl (C=O) groups is 3. The van der Waals surface area contributed by atoms with E-state index in [-0.39, 0.29) is 12.3 Å². The Balaban J connectivity index is 1.47. The third-order valence-corrected chi connectivity index (χ3v) is 4.84. The summed E-state index contributed by atoms with van der Waals surface area (Å²) in [7, 11) is 0. The van der Waals surface area contributed by atoms with Crippen molar-refractivity contribution in [3.05, 3.63) is 60.2 Å². The number of nitrogens with one attached hydrogen (secondary N) is 2.